The standard InChI is InChI=1S/C21H16F3NO2/c1-14-2-10-18(11-3-14)27-19-12-8-17(9-13-19)25-20(26)15-4-6-16(7-5-15)21(22,23)24/h2-13H,1H3,(H,25,26). The van der Waals surface area contributed by atoms with E-state index in [1.165, 1.54) is 0 Å². The number of alkyl halides is 3. The van der Waals surface area contributed by atoms with Gasteiger partial charge in [-0.25, -0.2) is 0 Å². The highest BCUT2D eigenvalue weighted by Gasteiger charge is 2.30. The Bertz CT molecular complexity index is 916. The van der Waals surface area contributed by atoms with Crippen molar-refractivity contribution in [1.82, 2.24) is 0 Å². The molecule has 0 atom stereocenters. The maximum absolute atomic E-state index is 12.6. The van der Waals surface area contributed by atoms with Crippen LogP contribution in [0, 0.1) is 6.92 Å². The largest absolute Gasteiger partial charge is 0.457 e. The van der Waals surface area contributed by atoms with Crippen molar-refractivity contribution in [3.05, 3.63) is 89.5 Å². The molecule has 0 aliphatic rings. The lowest BCUT2D eigenvalue weighted by Crippen LogP contribution is -2.12. The highest BCUT2D eigenvalue weighted by atomic mass is 19.4. The molecule has 0 fully saturated rings. The molecule has 3 aromatic rings. The zero-order chi connectivity index (χ0) is 19.4. The molecule has 0 bridgehead atoms. The van der Waals surface area contributed by atoms with E-state index in [4.69, 9.17) is 4.74 Å². The van der Waals surface area contributed by atoms with Gasteiger partial charge in [0.15, 0.2) is 0 Å². The zero-order valence-electron chi connectivity index (χ0n) is 14.4. The monoisotopic (exact) mass is 371 g/mol. The fourth-order valence-corrected chi connectivity index (χ4v) is 2.36. The first kappa shape index (κ1) is 18.5. The maximum atomic E-state index is 12.6. The number of halogens is 3. The summed E-state index contributed by atoms with van der Waals surface area (Å²) in [7, 11) is 0. The molecule has 0 unspecified atom stereocenters. The number of amides is 1. The fourth-order valence-electron chi connectivity index (χ4n) is 2.36. The third-order valence-electron chi connectivity index (χ3n) is 3.84. The van der Waals surface area contributed by atoms with E-state index >= 15 is 0 Å². The quantitative estimate of drug-likeness (QED) is 0.605. The molecular weight excluding hydrogens is 355 g/mol. The topological polar surface area (TPSA) is 38.3 Å². The van der Waals surface area contributed by atoms with Crippen LogP contribution < -0.4 is 10.1 Å². The summed E-state index contributed by atoms with van der Waals surface area (Å²) in [5.41, 5.74) is 0.986. The van der Waals surface area contributed by atoms with Crippen molar-refractivity contribution < 1.29 is 22.7 Å². The van der Waals surface area contributed by atoms with E-state index in [2.05, 4.69) is 5.32 Å². The fraction of sp³-hybridized carbons (Fsp3) is 0.0952. The third-order valence-corrected chi connectivity index (χ3v) is 3.84. The van der Waals surface area contributed by atoms with Gasteiger partial charge in [-0.1, -0.05) is 17.7 Å². The molecule has 0 radical (unpaired) electrons. The van der Waals surface area contributed by atoms with E-state index < -0.39 is 17.6 Å². The molecule has 27 heavy (non-hydrogen) atoms. The Balaban J connectivity index is 1.63. The van der Waals surface area contributed by atoms with Crippen LogP contribution in [0.1, 0.15) is 21.5 Å². The second kappa shape index (κ2) is 7.53. The number of nitrogens with one attached hydrogen (secondary N) is 1. The number of rotatable bonds is 4. The number of ether oxygens (including phenoxy) is 1. The Kier molecular flexibility index (Phi) is 5.16. The number of hydrogen-bond acceptors (Lipinski definition) is 2. The molecule has 0 aromatic heterocycles. The van der Waals surface area contributed by atoms with Crippen molar-refractivity contribution in [1.29, 1.82) is 0 Å². The molecule has 0 aliphatic heterocycles. The molecule has 0 heterocycles. The van der Waals surface area contributed by atoms with Gasteiger partial charge in [0.1, 0.15) is 11.5 Å². The van der Waals surface area contributed by atoms with Crippen LogP contribution in [-0.2, 0) is 6.18 Å². The molecular formula is C21H16F3NO2. The molecule has 3 aromatic carbocycles. The van der Waals surface area contributed by atoms with E-state index in [1.807, 2.05) is 31.2 Å². The Morgan fingerprint density at radius 3 is 1.85 bits per heavy atom. The summed E-state index contributed by atoms with van der Waals surface area (Å²) in [6, 6.07) is 18.4. The van der Waals surface area contributed by atoms with Gasteiger partial charge in [0.25, 0.3) is 5.91 Å². The minimum Gasteiger partial charge on any atom is -0.457 e. The number of carbonyl (C=O) groups excluding carboxylic acids is 1. The molecule has 6 heteroatoms. The van der Waals surface area contributed by atoms with Gasteiger partial charge in [-0.3, -0.25) is 4.79 Å². The second-order valence-corrected chi connectivity index (χ2v) is 5.97. The second-order valence-electron chi connectivity index (χ2n) is 5.97. The van der Waals surface area contributed by atoms with Gasteiger partial charge >= 0.3 is 6.18 Å². The zero-order valence-corrected chi connectivity index (χ0v) is 14.4. The third kappa shape index (κ3) is 4.88. The summed E-state index contributed by atoms with van der Waals surface area (Å²) in [5, 5.41) is 2.64. The number of benzene rings is 3. The molecule has 0 saturated heterocycles. The minimum atomic E-state index is -4.43. The maximum Gasteiger partial charge on any atom is 0.416 e. The van der Waals surface area contributed by atoms with Gasteiger partial charge in [-0.15, -0.1) is 0 Å². The summed E-state index contributed by atoms with van der Waals surface area (Å²) in [5.74, 6) is 0.810. The number of aryl methyl sites for hydroxylation is 1. The van der Waals surface area contributed by atoms with Crippen LogP contribution in [0.3, 0.4) is 0 Å². The smallest absolute Gasteiger partial charge is 0.416 e. The van der Waals surface area contributed by atoms with Gasteiger partial charge in [-0.05, 0) is 67.6 Å². The van der Waals surface area contributed by atoms with Crippen LogP contribution in [0.5, 0.6) is 11.5 Å². The van der Waals surface area contributed by atoms with E-state index in [-0.39, 0.29) is 5.56 Å². The minimum absolute atomic E-state index is 0.142. The molecule has 138 valence electrons. The normalized spacial score (nSPS) is 11.1. The van der Waals surface area contributed by atoms with Crippen molar-refractivity contribution in [3.8, 4) is 11.5 Å². The van der Waals surface area contributed by atoms with Gasteiger partial charge in [0.05, 0.1) is 5.56 Å². The van der Waals surface area contributed by atoms with Crippen molar-refractivity contribution in [2.45, 2.75) is 13.1 Å². The Morgan fingerprint density at radius 2 is 1.33 bits per heavy atom. The lowest BCUT2D eigenvalue weighted by atomic mass is 10.1. The number of carbonyl (C=O) groups is 1. The van der Waals surface area contributed by atoms with Crippen LogP contribution in [0.4, 0.5) is 18.9 Å². The van der Waals surface area contributed by atoms with Crippen LogP contribution >= 0.6 is 0 Å². The van der Waals surface area contributed by atoms with Crippen LogP contribution in [0.15, 0.2) is 72.8 Å². The lowest BCUT2D eigenvalue weighted by molar-refractivity contribution is -0.137. The van der Waals surface area contributed by atoms with Gasteiger partial charge in [-0.2, -0.15) is 13.2 Å². The highest BCUT2D eigenvalue weighted by Crippen LogP contribution is 2.29. The average molecular weight is 371 g/mol. The molecule has 0 aliphatic carbocycles. The summed E-state index contributed by atoms with van der Waals surface area (Å²) in [4.78, 5) is 12.2. The van der Waals surface area contributed by atoms with E-state index in [1.54, 1.807) is 24.3 Å². The molecule has 1 N–H and O–H groups in total. The first-order valence-corrected chi connectivity index (χ1v) is 8.14. The van der Waals surface area contributed by atoms with Gasteiger partial charge in [0, 0.05) is 11.3 Å². The van der Waals surface area contributed by atoms with Crippen molar-refractivity contribution in [3.63, 3.8) is 0 Å². The molecule has 0 spiro atoms. The van der Waals surface area contributed by atoms with Crippen LogP contribution in [0.2, 0.25) is 0 Å². The van der Waals surface area contributed by atoms with Crippen LogP contribution in [0.25, 0.3) is 0 Å². The Labute approximate surface area is 154 Å². The predicted octanol–water partition coefficient (Wildman–Crippen LogP) is 6.06. The highest BCUT2D eigenvalue weighted by molar-refractivity contribution is 6.04. The SMILES string of the molecule is Cc1ccc(Oc2ccc(NC(=O)c3ccc(C(F)(F)F)cc3)cc2)cc1. The van der Waals surface area contributed by atoms with Gasteiger partial charge in [0.2, 0.25) is 0 Å². The van der Waals surface area contributed by atoms with E-state index in [0.717, 1.165) is 29.8 Å². The van der Waals surface area contributed by atoms with Crippen molar-refractivity contribution >= 4 is 11.6 Å². The van der Waals surface area contributed by atoms with E-state index in [9.17, 15) is 18.0 Å². The van der Waals surface area contributed by atoms with Crippen molar-refractivity contribution in [2.75, 3.05) is 5.32 Å². The Morgan fingerprint density at radius 1 is 0.815 bits per heavy atom. The van der Waals surface area contributed by atoms with Crippen molar-refractivity contribution in [2.24, 2.45) is 0 Å². The molecule has 3 nitrogen and oxygen atoms in total. The molecule has 1 amide bonds. The average Bonchev–Trinajstić information content (AvgIpc) is 2.64. The van der Waals surface area contributed by atoms with Gasteiger partial charge < -0.3 is 10.1 Å². The van der Waals surface area contributed by atoms with E-state index in [0.29, 0.717) is 17.2 Å². The predicted molar refractivity (Wildman–Crippen MR) is 97.1 cm³/mol. The molecule has 0 saturated carbocycles. The Hall–Kier alpha value is -3.28. The number of anilines is 1. The number of hydrogen-bond donors (Lipinski definition) is 1. The molecule has 3 rings (SSSR count). The summed E-state index contributed by atoms with van der Waals surface area (Å²) < 4.78 is 43.4. The first-order chi connectivity index (χ1) is 12.8. The summed E-state index contributed by atoms with van der Waals surface area (Å²) in [6.45, 7) is 1.98. The first-order valence-electron chi connectivity index (χ1n) is 8.14. The summed E-state index contributed by atoms with van der Waals surface area (Å²) >= 11 is 0. The van der Waals surface area contributed by atoms with Crippen LogP contribution in [-0.4, -0.2) is 5.91 Å². The lowest BCUT2D eigenvalue weighted by Gasteiger charge is -2.09. The summed E-state index contributed by atoms with van der Waals surface area (Å²) in [6.07, 6.45) is -4.43.